The smallest absolute Gasteiger partial charge is 0.164 e. The van der Waals surface area contributed by atoms with Crippen molar-refractivity contribution in [2.75, 3.05) is 0 Å². The number of hydrogen-bond acceptors (Lipinski definition) is 4. The van der Waals surface area contributed by atoms with Gasteiger partial charge in [0.1, 0.15) is 11.2 Å². The lowest BCUT2D eigenvalue weighted by Gasteiger charge is -2.12. The molecular formula is C47H29N3O. The van der Waals surface area contributed by atoms with Gasteiger partial charge in [0.2, 0.25) is 0 Å². The fourth-order valence-corrected chi connectivity index (χ4v) is 7.27. The van der Waals surface area contributed by atoms with E-state index in [0.29, 0.717) is 17.5 Å². The maximum atomic E-state index is 6.68. The summed E-state index contributed by atoms with van der Waals surface area (Å²) >= 11 is 0. The molecule has 0 unspecified atom stereocenters. The molecule has 2 heterocycles. The van der Waals surface area contributed by atoms with Crippen molar-refractivity contribution >= 4 is 43.5 Å². The molecule has 2 aromatic heterocycles. The maximum Gasteiger partial charge on any atom is 0.164 e. The first-order valence-electron chi connectivity index (χ1n) is 17.1. The van der Waals surface area contributed by atoms with Crippen LogP contribution in [-0.2, 0) is 0 Å². The third-order valence-corrected chi connectivity index (χ3v) is 9.72. The fraction of sp³-hybridized carbons (Fsp3) is 0. The largest absolute Gasteiger partial charge is 0.456 e. The molecule has 0 fully saturated rings. The number of benzene rings is 8. The van der Waals surface area contributed by atoms with Gasteiger partial charge in [-0.15, -0.1) is 0 Å². The molecule has 0 saturated heterocycles. The molecule has 0 spiro atoms. The summed E-state index contributed by atoms with van der Waals surface area (Å²) in [5.74, 6) is 1.83. The Morgan fingerprint density at radius 2 is 0.843 bits per heavy atom. The zero-order valence-corrected chi connectivity index (χ0v) is 27.5. The van der Waals surface area contributed by atoms with Crippen molar-refractivity contribution in [2.24, 2.45) is 0 Å². The third-order valence-electron chi connectivity index (χ3n) is 9.72. The molecule has 238 valence electrons. The highest BCUT2D eigenvalue weighted by Gasteiger charge is 2.20. The van der Waals surface area contributed by atoms with Crippen LogP contribution in [0.3, 0.4) is 0 Å². The Balaban J connectivity index is 1.22. The molecule has 4 nitrogen and oxygen atoms in total. The van der Waals surface area contributed by atoms with E-state index in [1.807, 2.05) is 60.7 Å². The van der Waals surface area contributed by atoms with Gasteiger partial charge in [-0.3, -0.25) is 0 Å². The Kier molecular flexibility index (Phi) is 6.78. The zero-order valence-electron chi connectivity index (χ0n) is 27.5. The first-order chi connectivity index (χ1) is 25.3. The van der Waals surface area contributed by atoms with Crippen LogP contribution in [0.4, 0.5) is 0 Å². The Bertz CT molecular complexity index is 2830. The van der Waals surface area contributed by atoms with Crippen molar-refractivity contribution in [2.45, 2.75) is 0 Å². The first kappa shape index (κ1) is 29.0. The van der Waals surface area contributed by atoms with Gasteiger partial charge in [0.25, 0.3) is 0 Å². The normalized spacial score (nSPS) is 11.5. The van der Waals surface area contributed by atoms with Gasteiger partial charge in [0, 0.05) is 27.5 Å². The van der Waals surface area contributed by atoms with Crippen molar-refractivity contribution < 1.29 is 4.42 Å². The molecule has 4 heteroatoms. The SMILES string of the molecule is c1ccc(-c2nc(-c3ccccc3)nc(-c3cc(-c4ccc(-c5cccc6ccccc56)cc4)c4c(c3)oc3ccc5ccccc5c34)n2)cc1. The minimum Gasteiger partial charge on any atom is -0.456 e. The standard InChI is InChI=1S/C47H29N3O/c1-3-14-34(15-4-1)45-48-46(35-16-5-2-6-17-35)50-47(49-45)36-28-40(44-42(29-36)51-41-27-26-31-13-8-10-20-39(31)43(41)44)33-24-22-32(23-25-33)38-21-11-18-30-12-7-9-19-37(30)38/h1-29H. The third kappa shape index (κ3) is 5.04. The Morgan fingerprint density at radius 3 is 1.51 bits per heavy atom. The van der Waals surface area contributed by atoms with Crippen LogP contribution in [0.5, 0.6) is 0 Å². The summed E-state index contributed by atoms with van der Waals surface area (Å²) in [6.07, 6.45) is 0. The summed E-state index contributed by atoms with van der Waals surface area (Å²) in [4.78, 5) is 15.1. The summed E-state index contributed by atoms with van der Waals surface area (Å²) in [5, 5.41) is 6.98. The summed E-state index contributed by atoms with van der Waals surface area (Å²) in [5.41, 5.74) is 8.88. The molecule has 51 heavy (non-hydrogen) atoms. The first-order valence-corrected chi connectivity index (χ1v) is 17.1. The van der Waals surface area contributed by atoms with Crippen LogP contribution in [0.25, 0.3) is 99.9 Å². The Morgan fingerprint density at radius 1 is 0.314 bits per heavy atom. The van der Waals surface area contributed by atoms with Crippen LogP contribution in [0.2, 0.25) is 0 Å². The van der Waals surface area contributed by atoms with Crippen LogP contribution in [0.15, 0.2) is 180 Å². The van der Waals surface area contributed by atoms with Gasteiger partial charge in [-0.05, 0) is 62.0 Å². The second kappa shape index (κ2) is 11.9. The van der Waals surface area contributed by atoms with Crippen LogP contribution in [0.1, 0.15) is 0 Å². The fourth-order valence-electron chi connectivity index (χ4n) is 7.27. The topological polar surface area (TPSA) is 51.8 Å². The minimum atomic E-state index is 0.587. The molecule has 0 saturated carbocycles. The summed E-state index contributed by atoms with van der Waals surface area (Å²) in [7, 11) is 0. The van der Waals surface area contributed by atoms with E-state index in [1.165, 1.54) is 27.3 Å². The molecule has 10 rings (SSSR count). The number of fused-ring (bicyclic) bond motifs is 6. The van der Waals surface area contributed by atoms with Crippen molar-refractivity contribution in [1.29, 1.82) is 0 Å². The molecule has 0 aliphatic heterocycles. The highest BCUT2D eigenvalue weighted by atomic mass is 16.3. The lowest BCUT2D eigenvalue weighted by molar-refractivity contribution is 0.669. The molecule has 0 atom stereocenters. The van der Waals surface area contributed by atoms with E-state index in [1.54, 1.807) is 0 Å². The molecule has 0 aliphatic rings. The molecule has 10 aromatic rings. The van der Waals surface area contributed by atoms with Gasteiger partial charge >= 0.3 is 0 Å². The quantitative estimate of drug-likeness (QED) is 0.186. The summed E-state index contributed by atoms with van der Waals surface area (Å²) in [6, 6.07) is 61.1. The zero-order chi connectivity index (χ0) is 33.7. The van der Waals surface area contributed by atoms with Gasteiger partial charge < -0.3 is 4.42 Å². The van der Waals surface area contributed by atoms with E-state index in [2.05, 4.69) is 115 Å². The van der Waals surface area contributed by atoms with Crippen molar-refractivity contribution in [1.82, 2.24) is 15.0 Å². The summed E-state index contributed by atoms with van der Waals surface area (Å²) < 4.78 is 6.68. The Hall–Kier alpha value is -6.91. The molecule has 0 radical (unpaired) electrons. The number of furan rings is 1. The highest BCUT2D eigenvalue weighted by Crippen LogP contribution is 2.43. The van der Waals surface area contributed by atoms with Gasteiger partial charge in [-0.1, -0.05) is 158 Å². The monoisotopic (exact) mass is 651 g/mol. The minimum absolute atomic E-state index is 0.587. The van der Waals surface area contributed by atoms with Crippen molar-refractivity contribution in [3.8, 4) is 56.4 Å². The van der Waals surface area contributed by atoms with E-state index < -0.39 is 0 Å². The van der Waals surface area contributed by atoms with Crippen LogP contribution < -0.4 is 0 Å². The number of nitrogens with zero attached hydrogens (tertiary/aromatic N) is 3. The van der Waals surface area contributed by atoms with Crippen LogP contribution in [-0.4, -0.2) is 15.0 Å². The molecule has 0 aliphatic carbocycles. The average Bonchev–Trinajstić information content (AvgIpc) is 3.60. The number of aromatic nitrogens is 3. The van der Waals surface area contributed by atoms with E-state index in [9.17, 15) is 0 Å². The van der Waals surface area contributed by atoms with Crippen molar-refractivity contribution in [3.05, 3.63) is 176 Å². The Labute approximate surface area is 294 Å². The average molecular weight is 652 g/mol. The van der Waals surface area contributed by atoms with Crippen LogP contribution in [0, 0.1) is 0 Å². The molecule has 0 N–H and O–H groups in total. The van der Waals surface area contributed by atoms with Gasteiger partial charge in [0.05, 0.1) is 0 Å². The maximum absolute atomic E-state index is 6.68. The molecule has 0 amide bonds. The number of hydrogen-bond donors (Lipinski definition) is 0. The lowest BCUT2D eigenvalue weighted by atomic mass is 9.92. The molecular weight excluding hydrogens is 623 g/mol. The van der Waals surface area contributed by atoms with Gasteiger partial charge in [-0.2, -0.15) is 0 Å². The van der Waals surface area contributed by atoms with E-state index in [-0.39, 0.29) is 0 Å². The molecule has 8 aromatic carbocycles. The predicted molar refractivity (Wildman–Crippen MR) is 209 cm³/mol. The van der Waals surface area contributed by atoms with Crippen molar-refractivity contribution in [3.63, 3.8) is 0 Å². The van der Waals surface area contributed by atoms with E-state index in [0.717, 1.165) is 55.1 Å². The second-order valence-corrected chi connectivity index (χ2v) is 12.8. The molecule has 0 bridgehead atoms. The highest BCUT2D eigenvalue weighted by molar-refractivity contribution is 6.23. The van der Waals surface area contributed by atoms with Gasteiger partial charge in [0.15, 0.2) is 17.5 Å². The van der Waals surface area contributed by atoms with Gasteiger partial charge in [-0.25, -0.2) is 15.0 Å². The lowest BCUT2D eigenvalue weighted by Crippen LogP contribution is -2.00. The van der Waals surface area contributed by atoms with E-state index in [4.69, 9.17) is 19.4 Å². The second-order valence-electron chi connectivity index (χ2n) is 12.8. The predicted octanol–water partition coefficient (Wildman–Crippen LogP) is 12.4. The number of rotatable bonds is 5. The van der Waals surface area contributed by atoms with Crippen LogP contribution >= 0.6 is 0 Å². The summed E-state index contributed by atoms with van der Waals surface area (Å²) in [6.45, 7) is 0. The van der Waals surface area contributed by atoms with E-state index >= 15 is 0 Å².